The van der Waals surface area contributed by atoms with Gasteiger partial charge in [0.05, 0.1) is 22.5 Å². The molecule has 29 heavy (non-hydrogen) atoms. The maximum absolute atomic E-state index is 11.4. The minimum Gasteiger partial charge on any atom is -0.393 e. The Kier molecular flexibility index (Phi) is 10.6. The van der Waals surface area contributed by atoms with Crippen LogP contribution in [0.15, 0.2) is 0 Å². The molecule has 6 N–H and O–H groups in total. The Morgan fingerprint density at radius 1 is 0.828 bits per heavy atom. The predicted octanol–water partition coefficient (Wildman–Crippen LogP) is 3.76. The SMILES string of the molecule is CCC(CC)(C(C)O)C(C)(C)C(N)=O.CCCC(C)(O)C(C)(C)C(C)(C)C(N)=O. The molecular weight excluding hydrogens is 368 g/mol. The summed E-state index contributed by atoms with van der Waals surface area (Å²) in [7, 11) is 0. The van der Waals surface area contributed by atoms with E-state index in [-0.39, 0.29) is 11.8 Å². The van der Waals surface area contributed by atoms with E-state index in [0.717, 1.165) is 19.3 Å². The number of primary amides is 2. The summed E-state index contributed by atoms with van der Waals surface area (Å²) in [6, 6.07) is 0. The molecule has 2 unspecified atom stereocenters. The van der Waals surface area contributed by atoms with Gasteiger partial charge in [-0.2, -0.15) is 0 Å². The third kappa shape index (κ3) is 5.72. The van der Waals surface area contributed by atoms with Crippen LogP contribution in [0, 0.1) is 21.7 Å². The minimum atomic E-state index is -0.889. The fraction of sp³-hybridized carbons (Fsp3) is 0.913. The zero-order valence-corrected chi connectivity index (χ0v) is 20.8. The van der Waals surface area contributed by atoms with Gasteiger partial charge in [0.1, 0.15) is 0 Å². The summed E-state index contributed by atoms with van der Waals surface area (Å²) in [4.78, 5) is 22.8. The molecule has 0 aliphatic rings. The highest BCUT2D eigenvalue weighted by Gasteiger charge is 2.52. The van der Waals surface area contributed by atoms with E-state index in [1.165, 1.54) is 0 Å². The summed E-state index contributed by atoms with van der Waals surface area (Å²) in [6.07, 6.45) is 2.51. The lowest BCUT2D eigenvalue weighted by atomic mass is 9.58. The van der Waals surface area contributed by atoms with Crippen LogP contribution in [0.2, 0.25) is 0 Å². The normalized spacial score (nSPS) is 16.3. The summed E-state index contributed by atoms with van der Waals surface area (Å²) in [5, 5.41) is 20.3. The Bertz CT molecular complexity index is 545. The standard InChI is InChI=1S/C12H25NO2.C11H23NO2/c1-7-8-12(6,15)11(4,5)10(2,3)9(13)14;1-6-11(7-2,8(3)13)10(4,5)9(12)14/h15H,7-8H2,1-6H3,(H2,13,14);8,13H,6-7H2,1-5H3,(H2,12,14). The maximum atomic E-state index is 11.4. The third-order valence-electron chi connectivity index (χ3n) is 8.18. The lowest BCUT2D eigenvalue weighted by Gasteiger charge is -2.49. The van der Waals surface area contributed by atoms with Gasteiger partial charge in [0, 0.05) is 10.8 Å². The van der Waals surface area contributed by atoms with Crippen molar-refractivity contribution >= 4 is 11.8 Å². The van der Waals surface area contributed by atoms with Gasteiger partial charge in [-0.15, -0.1) is 0 Å². The number of carbonyl (C=O) groups is 2. The van der Waals surface area contributed by atoms with Crippen molar-refractivity contribution in [3.63, 3.8) is 0 Å². The average molecular weight is 417 g/mol. The first kappa shape index (κ1) is 30.1. The van der Waals surface area contributed by atoms with Gasteiger partial charge in [-0.1, -0.05) is 68.7 Å². The molecule has 0 aromatic carbocycles. The summed E-state index contributed by atoms with van der Waals surface area (Å²) in [5.74, 6) is -0.717. The first-order valence-corrected chi connectivity index (χ1v) is 10.8. The van der Waals surface area contributed by atoms with Gasteiger partial charge in [-0.3, -0.25) is 9.59 Å². The van der Waals surface area contributed by atoms with Gasteiger partial charge in [-0.25, -0.2) is 0 Å². The first-order valence-electron chi connectivity index (χ1n) is 10.8. The molecule has 0 aliphatic heterocycles. The van der Waals surface area contributed by atoms with Crippen molar-refractivity contribution in [3.05, 3.63) is 0 Å². The number of hydrogen-bond donors (Lipinski definition) is 4. The Morgan fingerprint density at radius 3 is 1.34 bits per heavy atom. The van der Waals surface area contributed by atoms with Crippen molar-refractivity contribution in [2.45, 2.75) is 114 Å². The topological polar surface area (TPSA) is 127 Å². The molecule has 0 fully saturated rings. The highest BCUT2D eigenvalue weighted by atomic mass is 16.3. The van der Waals surface area contributed by atoms with Crippen LogP contribution in [0.25, 0.3) is 0 Å². The molecule has 0 bridgehead atoms. The zero-order valence-electron chi connectivity index (χ0n) is 20.8. The van der Waals surface area contributed by atoms with Crippen molar-refractivity contribution in [1.29, 1.82) is 0 Å². The largest absolute Gasteiger partial charge is 0.393 e. The quantitative estimate of drug-likeness (QED) is 0.432. The van der Waals surface area contributed by atoms with E-state index < -0.39 is 33.4 Å². The van der Waals surface area contributed by atoms with E-state index in [0.29, 0.717) is 6.42 Å². The Morgan fingerprint density at radius 2 is 1.17 bits per heavy atom. The Labute approximate surface area is 178 Å². The second kappa shape index (κ2) is 10.3. The molecule has 0 aromatic rings. The zero-order chi connectivity index (χ0) is 24.1. The molecule has 6 heteroatoms. The maximum Gasteiger partial charge on any atom is 0.223 e. The monoisotopic (exact) mass is 416 g/mol. The first-order chi connectivity index (χ1) is 12.8. The Balaban J connectivity index is 0. The number of aliphatic hydroxyl groups excluding tert-OH is 1. The number of nitrogens with two attached hydrogens (primary N) is 2. The van der Waals surface area contributed by atoms with Gasteiger partial charge >= 0.3 is 0 Å². The number of carbonyl (C=O) groups excluding carboxylic acids is 2. The van der Waals surface area contributed by atoms with Crippen molar-refractivity contribution in [2.75, 3.05) is 0 Å². The predicted molar refractivity (Wildman–Crippen MR) is 120 cm³/mol. The van der Waals surface area contributed by atoms with E-state index >= 15 is 0 Å². The van der Waals surface area contributed by atoms with Crippen LogP contribution in [0.5, 0.6) is 0 Å². The van der Waals surface area contributed by atoms with Gasteiger partial charge in [0.15, 0.2) is 0 Å². The van der Waals surface area contributed by atoms with Gasteiger partial charge < -0.3 is 21.7 Å². The number of hydrogen-bond acceptors (Lipinski definition) is 4. The second-order valence-electron chi connectivity index (χ2n) is 10.2. The van der Waals surface area contributed by atoms with E-state index in [9.17, 15) is 19.8 Å². The molecule has 0 rings (SSSR count). The average Bonchev–Trinajstić information content (AvgIpc) is 2.55. The summed E-state index contributed by atoms with van der Waals surface area (Å²) >= 11 is 0. The fourth-order valence-electron chi connectivity index (χ4n) is 4.27. The number of rotatable bonds is 10. The molecule has 0 heterocycles. The van der Waals surface area contributed by atoms with Crippen molar-refractivity contribution in [1.82, 2.24) is 0 Å². The minimum absolute atomic E-state index is 0.345. The molecule has 0 aromatic heterocycles. The van der Waals surface area contributed by atoms with E-state index in [4.69, 9.17) is 11.5 Å². The highest BCUT2D eigenvalue weighted by molar-refractivity contribution is 5.81. The van der Waals surface area contributed by atoms with Crippen molar-refractivity contribution in [3.8, 4) is 0 Å². The third-order valence-corrected chi connectivity index (χ3v) is 8.18. The van der Waals surface area contributed by atoms with Crippen LogP contribution in [-0.2, 0) is 9.59 Å². The van der Waals surface area contributed by atoms with Crippen LogP contribution in [0.4, 0.5) is 0 Å². The van der Waals surface area contributed by atoms with Gasteiger partial charge in [0.2, 0.25) is 11.8 Å². The number of amides is 2. The van der Waals surface area contributed by atoms with Crippen LogP contribution in [-0.4, -0.2) is 33.7 Å². The molecule has 0 saturated heterocycles. The van der Waals surface area contributed by atoms with Crippen LogP contribution in [0.3, 0.4) is 0 Å². The molecule has 2 atom stereocenters. The van der Waals surface area contributed by atoms with E-state index in [1.54, 1.807) is 27.7 Å². The van der Waals surface area contributed by atoms with Gasteiger partial charge in [0.25, 0.3) is 0 Å². The Hall–Kier alpha value is -1.14. The summed E-state index contributed by atoms with van der Waals surface area (Å²) in [6.45, 7) is 20.5. The van der Waals surface area contributed by atoms with Crippen molar-refractivity contribution in [2.24, 2.45) is 33.1 Å². The molecule has 0 saturated carbocycles. The van der Waals surface area contributed by atoms with E-state index in [2.05, 4.69) is 0 Å². The molecule has 6 nitrogen and oxygen atoms in total. The van der Waals surface area contributed by atoms with Crippen molar-refractivity contribution < 1.29 is 19.8 Å². The summed E-state index contributed by atoms with van der Waals surface area (Å²) < 4.78 is 0. The summed E-state index contributed by atoms with van der Waals surface area (Å²) in [5.41, 5.74) is 7.53. The van der Waals surface area contributed by atoms with Crippen LogP contribution < -0.4 is 11.5 Å². The van der Waals surface area contributed by atoms with Crippen LogP contribution >= 0.6 is 0 Å². The molecule has 2 amide bonds. The second-order valence-corrected chi connectivity index (χ2v) is 10.2. The molecule has 0 aliphatic carbocycles. The van der Waals surface area contributed by atoms with E-state index in [1.807, 2.05) is 48.5 Å². The molecule has 174 valence electrons. The lowest BCUT2D eigenvalue weighted by molar-refractivity contribution is -0.153. The molecule has 0 spiro atoms. The smallest absolute Gasteiger partial charge is 0.223 e. The van der Waals surface area contributed by atoms with Crippen LogP contribution in [0.1, 0.15) is 102 Å². The fourth-order valence-corrected chi connectivity index (χ4v) is 4.27. The lowest BCUT2D eigenvalue weighted by Crippen LogP contribution is -2.55. The highest BCUT2D eigenvalue weighted by Crippen LogP contribution is 2.48. The molecular formula is C23H48N2O4. The number of aliphatic hydroxyl groups is 2. The van der Waals surface area contributed by atoms with Gasteiger partial charge in [-0.05, 0) is 33.1 Å². The molecule has 0 radical (unpaired) electrons.